The molecule has 1 aliphatic heterocycles. The van der Waals surface area contributed by atoms with Gasteiger partial charge >= 0.3 is 6.03 Å². The van der Waals surface area contributed by atoms with E-state index in [-0.39, 0.29) is 12.1 Å². The number of aryl methyl sites for hydroxylation is 2. The molecule has 0 radical (unpaired) electrons. The van der Waals surface area contributed by atoms with Crippen molar-refractivity contribution in [1.82, 2.24) is 20.5 Å². The van der Waals surface area contributed by atoms with Crippen LogP contribution in [0, 0.1) is 13.8 Å². The van der Waals surface area contributed by atoms with Gasteiger partial charge in [0.2, 0.25) is 0 Å². The van der Waals surface area contributed by atoms with E-state index >= 15 is 0 Å². The van der Waals surface area contributed by atoms with Crippen LogP contribution in [-0.2, 0) is 0 Å². The summed E-state index contributed by atoms with van der Waals surface area (Å²) in [5.74, 6) is 0.901. The first kappa shape index (κ1) is 19.0. The molecule has 29 heavy (non-hydrogen) atoms. The van der Waals surface area contributed by atoms with Crippen molar-refractivity contribution in [1.29, 1.82) is 0 Å². The molecule has 0 spiro atoms. The molecule has 3 aromatic rings. The molecule has 1 aromatic carbocycles. The largest absolute Gasteiger partial charge is 0.353 e. The van der Waals surface area contributed by atoms with E-state index in [9.17, 15) is 4.79 Å². The van der Waals surface area contributed by atoms with Gasteiger partial charge in [-0.25, -0.2) is 4.79 Å². The summed E-state index contributed by atoms with van der Waals surface area (Å²) < 4.78 is 0. The smallest absolute Gasteiger partial charge is 0.319 e. The van der Waals surface area contributed by atoms with Crippen LogP contribution in [0.2, 0.25) is 0 Å². The Balaban J connectivity index is 1.37. The lowest BCUT2D eigenvalue weighted by molar-refractivity contribution is 0.246. The zero-order chi connectivity index (χ0) is 20.2. The van der Waals surface area contributed by atoms with Crippen LogP contribution in [0.15, 0.2) is 48.8 Å². The van der Waals surface area contributed by atoms with Gasteiger partial charge in [0.05, 0.1) is 5.69 Å². The first-order valence-electron chi connectivity index (χ1n) is 9.94. The molecule has 7 heteroatoms. The fourth-order valence-corrected chi connectivity index (χ4v) is 3.75. The molecule has 1 atom stereocenters. The van der Waals surface area contributed by atoms with E-state index in [2.05, 4.69) is 36.8 Å². The molecule has 0 aliphatic carbocycles. The molecule has 3 heterocycles. The lowest BCUT2D eigenvalue weighted by Crippen LogP contribution is -2.49. The third kappa shape index (κ3) is 4.56. The highest BCUT2D eigenvalue weighted by Crippen LogP contribution is 2.24. The number of hydrogen-bond acceptors (Lipinski definition) is 4. The highest BCUT2D eigenvalue weighted by atomic mass is 16.2. The number of nitrogens with one attached hydrogen (secondary N) is 3. The highest BCUT2D eigenvalue weighted by Gasteiger charge is 2.23. The zero-order valence-electron chi connectivity index (χ0n) is 16.8. The predicted molar refractivity (Wildman–Crippen MR) is 115 cm³/mol. The molecule has 4 rings (SSSR count). The van der Waals surface area contributed by atoms with E-state index in [1.54, 1.807) is 12.4 Å². The Hall–Kier alpha value is -3.35. The van der Waals surface area contributed by atoms with Crippen LogP contribution in [0.4, 0.5) is 16.3 Å². The molecule has 0 bridgehead atoms. The van der Waals surface area contributed by atoms with Crippen LogP contribution in [-0.4, -0.2) is 40.3 Å². The fraction of sp³-hybridized carbons (Fsp3) is 0.318. The summed E-state index contributed by atoms with van der Waals surface area (Å²) in [6.45, 7) is 5.71. The van der Waals surface area contributed by atoms with Crippen molar-refractivity contribution >= 4 is 17.5 Å². The number of pyridine rings is 1. The van der Waals surface area contributed by atoms with Gasteiger partial charge in [-0.15, -0.1) is 0 Å². The van der Waals surface area contributed by atoms with Crippen molar-refractivity contribution in [2.75, 3.05) is 23.3 Å². The summed E-state index contributed by atoms with van der Waals surface area (Å²) in [6.07, 6.45) is 5.50. The number of nitrogens with zero attached hydrogens (tertiary/aromatic N) is 3. The number of urea groups is 1. The summed E-state index contributed by atoms with van der Waals surface area (Å²) in [7, 11) is 0. The highest BCUT2D eigenvalue weighted by molar-refractivity contribution is 5.90. The maximum Gasteiger partial charge on any atom is 0.319 e. The monoisotopic (exact) mass is 390 g/mol. The Kier molecular flexibility index (Phi) is 5.46. The maximum absolute atomic E-state index is 12.5. The average molecular weight is 390 g/mol. The summed E-state index contributed by atoms with van der Waals surface area (Å²) in [5, 5.41) is 13.6. The number of piperidine rings is 1. The number of aromatic nitrogens is 3. The van der Waals surface area contributed by atoms with Crippen LogP contribution < -0.4 is 15.5 Å². The molecule has 3 N–H and O–H groups in total. The van der Waals surface area contributed by atoms with Crippen LogP contribution in [0.3, 0.4) is 0 Å². The second kappa shape index (κ2) is 8.34. The van der Waals surface area contributed by atoms with Crippen LogP contribution in [0.25, 0.3) is 11.3 Å². The Morgan fingerprint density at radius 3 is 2.79 bits per heavy atom. The number of rotatable bonds is 4. The van der Waals surface area contributed by atoms with Crippen LogP contribution in [0.1, 0.15) is 24.0 Å². The Labute approximate surface area is 170 Å². The Morgan fingerprint density at radius 1 is 1.17 bits per heavy atom. The lowest BCUT2D eigenvalue weighted by atomic mass is 10.1. The quantitative estimate of drug-likeness (QED) is 0.631. The minimum Gasteiger partial charge on any atom is -0.353 e. The maximum atomic E-state index is 12.5. The molecule has 1 fully saturated rings. The molecular formula is C22H26N6O. The number of carbonyl (C=O) groups is 1. The van der Waals surface area contributed by atoms with Gasteiger partial charge in [0.15, 0.2) is 5.82 Å². The van der Waals surface area contributed by atoms with Crippen molar-refractivity contribution in [2.45, 2.75) is 32.7 Å². The number of anilines is 2. The van der Waals surface area contributed by atoms with E-state index in [0.29, 0.717) is 0 Å². The summed E-state index contributed by atoms with van der Waals surface area (Å²) in [4.78, 5) is 18.8. The van der Waals surface area contributed by atoms with Gasteiger partial charge in [-0.05, 0) is 50.5 Å². The Morgan fingerprint density at radius 2 is 2.00 bits per heavy atom. The topological polar surface area (TPSA) is 85.9 Å². The molecule has 150 valence electrons. The molecular weight excluding hydrogens is 364 g/mol. The van der Waals surface area contributed by atoms with Crippen molar-refractivity contribution in [3.63, 3.8) is 0 Å². The van der Waals surface area contributed by atoms with Gasteiger partial charge in [-0.2, -0.15) is 5.10 Å². The minimum atomic E-state index is -0.164. The lowest BCUT2D eigenvalue weighted by Gasteiger charge is -2.33. The van der Waals surface area contributed by atoms with E-state index in [1.165, 1.54) is 5.56 Å². The summed E-state index contributed by atoms with van der Waals surface area (Å²) in [5.41, 5.74) is 5.10. The van der Waals surface area contributed by atoms with Gasteiger partial charge in [-0.3, -0.25) is 10.1 Å². The van der Waals surface area contributed by atoms with Crippen LogP contribution >= 0.6 is 0 Å². The van der Waals surface area contributed by atoms with Crippen molar-refractivity contribution in [2.24, 2.45) is 0 Å². The average Bonchev–Trinajstić information content (AvgIpc) is 3.21. The van der Waals surface area contributed by atoms with Gasteiger partial charge in [0.25, 0.3) is 0 Å². The van der Waals surface area contributed by atoms with Crippen molar-refractivity contribution < 1.29 is 4.79 Å². The van der Waals surface area contributed by atoms with E-state index in [1.807, 2.05) is 44.2 Å². The van der Waals surface area contributed by atoms with E-state index < -0.39 is 0 Å². The van der Waals surface area contributed by atoms with Crippen LogP contribution in [0.5, 0.6) is 0 Å². The summed E-state index contributed by atoms with van der Waals surface area (Å²) in [6, 6.07) is 11.9. The van der Waals surface area contributed by atoms with Crippen molar-refractivity contribution in [3.8, 4) is 11.3 Å². The number of aromatic amines is 1. The first-order chi connectivity index (χ1) is 14.1. The normalized spacial score (nSPS) is 16.5. The predicted octanol–water partition coefficient (Wildman–Crippen LogP) is 3.88. The molecule has 7 nitrogen and oxygen atoms in total. The molecule has 2 aromatic heterocycles. The molecule has 2 amide bonds. The Bertz CT molecular complexity index is 984. The minimum absolute atomic E-state index is 0.0792. The number of carbonyl (C=O) groups excluding carboxylic acids is 1. The number of benzene rings is 1. The van der Waals surface area contributed by atoms with Gasteiger partial charge in [0, 0.05) is 48.8 Å². The first-order valence-corrected chi connectivity index (χ1v) is 9.94. The van der Waals surface area contributed by atoms with Crippen molar-refractivity contribution in [3.05, 3.63) is 59.9 Å². The molecule has 1 saturated heterocycles. The van der Waals surface area contributed by atoms with Gasteiger partial charge in [-0.1, -0.05) is 17.7 Å². The standard InChI is InChI=1S/C22H26N6O/c1-15-5-6-19(16(2)12-15)25-22(29)24-18-4-3-11-28(14-18)21-13-20(26-27-21)17-7-9-23-10-8-17/h5-10,12-13,18H,3-4,11,14H2,1-2H3,(H,26,27)(H2,24,25,29)/t18-/m1/s1. The third-order valence-electron chi connectivity index (χ3n) is 5.27. The molecule has 0 unspecified atom stereocenters. The SMILES string of the molecule is Cc1ccc(NC(=O)N[C@@H]2CCCN(c3cc(-c4ccncc4)[nH]n3)C2)c(C)c1. The molecule has 0 saturated carbocycles. The third-order valence-corrected chi connectivity index (χ3v) is 5.27. The van der Waals surface area contributed by atoms with Gasteiger partial charge < -0.3 is 15.5 Å². The second-order valence-corrected chi connectivity index (χ2v) is 7.58. The molecule has 1 aliphatic rings. The number of amides is 2. The number of hydrogen-bond donors (Lipinski definition) is 3. The second-order valence-electron chi connectivity index (χ2n) is 7.58. The van der Waals surface area contributed by atoms with E-state index in [0.717, 1.165) is 54.3 Å². The fourth-order valence-electron chi connectivity index (χ4n) is 3.75. The number of H-pyrrole nitrogens is 1. The van der Waals surface area contributed by atoms with E-state index in [4.69, 9.17) is 0 Å². The summed E-state index contributed by atoms with van der Waals surface area (Å²) >= 11 is 0. The van der Waals surface area contributed by atoms with Gasteiger partial charge in [0.1, 0.15) is 0 Å². The zero-order valence-corrected chi connectivity index (χ0v) is 16.8.